The van der Waals surface area contributed by atoms with E-state index in [1.165, 1.54) is 0 Å². The van der Waals surface area contributed by atoms with Crippen LogP contribution in [0.5, 0.6) is 0 Å². The van der Waals surface area contributed by atoms with Crippen LogP contribution in [0.25, 0.3) is 16.8 Å². The molecule has 0 saturated heterocycles. The molecule has 0 fully saturated rings. The first-order valence-corrected chi connectivity index (χ1v) is 6.18. The van der Waals surface area contributed by atoms with Crippen molar-refractivity contribution in [2.45, 2.75) is 0 Å². The predicted octanol–water partition coefficient (Wildman–Crippen LogP) is 3.81. The second-order valence-electron chi connectivity index (χ2n) is 3.60. The Morgan fingerprint density at radius 2 is 2.06 bits per heavy atom. The van der Waals surface area contributed by atoms with Gasteiger partial charge in [-0.1, -0.05) is 23.7 Å². The molecule has 0 aliphatic rings. The van der Waals surface area contributed by atoms with Crippen LogP contribution >= 0.6 is 27.5 Å². The van der Waals surface area contributed by atoms with Crippen LogP contribution in [0.15, 0.2) is 47.1 Å². The molecule has 3 aromatic rings. The van der Waals surface area contributed by atoms with Crippen molar-refractivity contribution >= 4 is 33.0 Å². The fourth-order valence-corrected chi connectivity index (χ4v) is 2.22. The summed E-state index contributed by atoms with van der Waals surface area (Å²) in [5, 5.41) is 9.28. The van der Waals surface area contributed by atoms with E-state index >= 15 is 0 Å². The van der Waals surface area contributed by atoms with Crippen LogP contribution in [-0.2, 0) is 0 Å². The van der Waals surface area contributed by atoms with E-state index in [2.05, 4.69) is 26.1 Å². The molecule has 2 heterocycles. The quantitative estimate of drug-likeness (QED) is 0.684. The molecule has 84 valence electrons. The summed E-state index contributed by atoms with van der Waals surface area (Å²) in [5.74, 6) is 0. The van der Waals surface area contributed by atoms with Gasteiger partial charge >= 0.3 is 0 Å². The van der Waals surface area contributed by atoms with Crippen LogP contribution in [-0.4, -0.2) is 14.8 Å². The van der Waals surface area contributed by atoms with E-state index in [9.17, 15) is 0 Å². The molecule has 0 unspecified atom stereocenters. The molecular weight excluding hydrogens is 302 g/mol. The van der Waals surface area contributed by atoms with Crippen molar-refractivity contribution in [2.75, 3.05) is 0 Å². The molecule has 2 aromatic heterocycles. The molecule has 0 radical (unpaired) electrons. The van der Waals surface area contributed by atoms with Crippen LogP contribution < -0.4 is 0 Å². The van der Waals surface area contributed by atoms with Gasteiger partial charge in [0, 0.05) is 10.6 Å². The minimum absolute atomic E-state index is 0.700. The van der Waals surface area contributed by atoms with E-state index in [0.29, 0.717) is 5.02 Å². The first kappa shape index (κ1) is 10.7. The van der Waals surface area contributed by atoms with E-state index in [-0.39, 0.29) is 0 Å². The van der Waals surface area contributed by atoms with Gasteiger partial charge in [0.25, 0.3) is 0 Å². The molecule has 0 spiro atoms. The Kier molecular flexibility index (Phi) is 2.61. The minimum Gasteiger partial charge on any atom is -0.157 e. The highest BCUT2D eigenvalue weighted by Crippen LogP contribution is 2.23. The maximum Gasteiger partial charge on any atom is 0.102 e. The Bertz CT molecular complexity index is 693. The Labute approximate surface area is 111 Å². The van der Waals surface area contributed by atoms with E-state index < -0.39 is 0 Å². The normalized spacial score (nSPS) is 10.9. The van der Waals surface area contributed by atoms with E-state index in [0.717, 1.165) is 21.2 Å². The molecule has 5 heteroatoms. The lowest BCUT2D eigenvalue weighted by Crippen LogP contribution is -1.95. The smallest absolute Gasteiger partial charge is 0.102 e. The van der Waals surface area contributed by atoms with Gasteiger partial charge in [-0.25, -0.2) is 0 Å². The van der Waals surface area contributed by atoms with Crippen LogP contribution in [0, 0.1) is 0 Å². The molecule has 1 aromatic carbocycles. The first-order chi connectivity index (χ1) is 8.24. The molecule has 0 aliphatic heterocycles. The van der Waals surface area contributed by atoms with Crippen LogP contribution in [0.4, 0.5) is 0 Å². The Morgan fingerprint density at radius 1 is 1.18 bits per heavy atom. The number of fused-ring (bicyclic) bond motifs is 1. The number of hydrogen-bond donors (Lipinski definition) is 0. The van der Waals surface area contributed by atoms with Crippen molar-refractivity contribution in [2.24, 2.45) is 0 Å². The highest BCUT2D eigenvalue weighted by molar-refractivity contribution is 9.10. The second-order valence-corrected chi connectivity index (χ2v) is 4.89. The van der Waals surface area contributed by atoms with Crippen molar-refractivity contribution in [1.29, 1.82) is 0 Å². The summed E-state index contributed by atoms with van der Waals surface area (Å²) in [6.07, 6.45) is 1.73. The zero-order chi connectivity index (χ0) is 11.8. The molecule has 0 atom stereocenters. The molecule has 17 heavy (non-hydrogen) atoms. The summed E-state index contributed by atoms with van der Waals surface area (Å²) in [6.45, 7) is 0. The average molecular weight is 309 g/mol. The lowest BCUT2D eigenvalue weighted by molar-refractivity contribution is 0.805. The molecule has 0 saturated carbocycles. The molecule has 0 N–H and O–H groups in total. The lowest BCUT2D eigenvalue weighted by Gasteiger charge is -2.01. The van der Waals surface area contributed by atoms with Crippen molar-refractivity contribution in [3.05, 3.63) is 52.1 Å². The fourth-order valence-electron chi connectivity index (χ4n) is 1.65. The van der Waals surface area contributed by atoms with Gasteiger partial charge in [0.1, 0.15) is 5.52 Å². The predicted molar refractivity (Wildman–Crippen MR) is 71.1 cm³/mol. The zero-order valence-electron chi connectivity index (χ0n) is 8.64. The standard InChI is InChI=1S/C12H7BrClN3/c13-10-7-15-17-12(10)5-4-11(16-17)8-2-1-3-9(14)6-8/h1-7H. The van der Waals surface area contributed by atoms with Crippen molar-refractivity contribution < 1.29 is 0 Å². The summed E-state index contributed by atoms with van der Waals surface area (Å²) in [7, 11) is 0. The third-order valence-corrected chi connectivity index (χ3v) is 3.31. The van der Waals surface area contributed by atoms with Gasteiger partial charge in [-0.05, 0) is 40.2 Å². The highest BCUT2D eigenvalue weighted by atomic mass is 79.9. The van der Waals surface area contributed by atoms with E-state index in [1.54, 1.807) is 10.8 Å². The number of hydrogen-bond acceptors (Lipinski definition) is 2. The highest BCUT2D eigenvalue weighted by Gasteiger charge is 2.05. The lowest BCUT2D eigenvalue weighted by atomic mass is 10.1. The first-order valence-electron chi connectivity index (χ1n) is 5.00. The SMILES string of the molecule is Clc1cccc(-c2ccc3c(Br)cnn3n2)c1. The second kappa shape index (κ2) is 4.13. The van der Waals surface area contributed by atoms with Crippen LogP contribution in [0.1, 0.15) is 0 Å². The van der Waals surface area contributed by atoms with Gasteiger partial charge in [0.2, 0.25) is 0 Å². The molecule has 0 bridgehead atoms. The Morgan fingerprint density at radius 3 is 2.88 bits per heavy atom. The van der Waals surface area contributed by atoms with Crippen LogP contribution in [0.3, 0.4) is 0 Å². The summed E-state index contributed by atoms with van der Waals surface area (Å²) < 4.78 is 2.53. The average Bonchev–Trinajstić information content (AvgIpc) is 2.71. The summed E-state index contributed by atoms with van der Waals surface area (Å²) >= 11 is 9.37. The summed E-state index contributed by atoms with van der Waals surface area (Å²) in [5.41, 5.74) is 2.76. The van der Waals surface area contributed by atoms with Crippen molar-refractivity contribution in [1.82, 2.24) is 14.8 Å². The summed E-state index contributed by atoms with van der Waals surface area (Å²) in [4.78, 5) is 0. The van der Waals surface area contributed by atoms with Crippen LogP contribution in [0.2, 0.25) is 5.02 Å². The Balaban J connectivity index is 2.18. The third-order valence-electron chi connectivity index (χ3n) is 2.46. The third kappa shape index (κ3) is 1.94. The monoisotopic (exact) mass is 307 g/mol. The molecule has 0 aliphatic carbocycles. The number of nitrogens with zero attached hydrogens (tertiary/aromatic N) is 3. The van der Waals surface area contributed by atoms with Gasteiger partial charge in [-0.3, -0.25) is 0 Å². The number of halogens is 2. The van der Waals surface area contributed by atoms with E-state index in [1.807, 2.05) is 36.4 Å². The van der Waals surface area contributed by atoms with Gasteiger partial charge in [-0.2, -0.15) is 5.10 Å². The van der Waals surface area contributed by atoms with Gasteiger partial charge in [0.05, 0.1) is 16.4 Å². The maximum absolute atomic E-state index is 5.96. The maximum atomic E-state index is 5.96. The zero-order valence-corrected chi connectivity index (χ0v) is 11.0. The van der Waals surface area contributed by atoms with Crippen molar-refractivity contribution in [3.63, 3.8) is 0 Å². The molecule has 0 amide bonds. The molecular formula is C12H7BrClN3. The minimum atomic E-state index is 0.700. The van der Waals surface area contributed by atoms with E-state index in [4.69, 9.17) is 11.6 Å². The largest absolute Gasteiger partial charge is 0.157 e. The number of rotatable bonds is 1. The van der Waals surface area contributed by atoms with Gasteiger partial charge in [-0.15, -0.1) is 9.73 Å². The topological polar surface area (TPSA) is 30.2 Å². The molecule has 3 nitrogen and oxygen atoms in total. The fraction of sp³-hybridized carbons (Fsp3) is 0. The van der Waals surface area contributed by atoms with Crippen molar-refractivity contribution in [3.8, 4) is 11.3 Å². The van der Waals surface area contributed by atoms with Gasteiger partial charge in [0.15, 0.2) is 0 Å². The summed E-state index contributed by atoms with van der Waals surface area (Å²) in [6, 6.07) is 11.5. The van der Waals surface area contributed by atoms with Gasteiger partial charge < -0.3 is 0 Å². The Hall–Kier alpha value is -1.39. The molecule has 3 rings (SSSR count). The number of aromatic nitrogens is 3. The number of benzene rings is 1.